The number of rotatable bonds is 22. The Hall–Kier alpha value is -0.398. The summed E-state index contributed by atoms with van der Waals surface area (Å²) in [5.74, 6) is 1.98. The molecule has 0 atom stereocenters. The van der Waals surface area contributed by atoms with Gasteiger partial charge in [-0.25, -0.2) is 0 Å². The molecule has 0 aromatic heterocycles. The number of anilines is 2. The summed E-state index contributed by atoms with van der Waals surface area (Å²) in [5, 5.41) is 1.26. The Kier molecular flexibility index (Phi) is 23.4. The van der Waals surface area contributed by atoms with E-state index < -0.39 is 0 Å². The Labute approximate surface area is 334 Å². The third kappa shape index (κ3) is 12.3. The van der Waals surface area contributed by atoms with Crippen LogP contribution in [-0.4, -0.2) is 0 Å². The molecule has 0 bridgehead atoms. The minimum absolute atomic E-state index is 0.106. The summed E-state index contributed by atoms with van der Waals surface area (Å²) >= 11 is 14.9. The molecule has 2 nitrogen and oxygen atoms in total. The van der Waals surface area contributed by atoms with Crippen LogP contribution >= 0.6 is 42.3 Å². The topological polar surface area (TPSA) is 6.48 Å². The summed E-state index contributed by atoms with van der Waals surface area (Å²) in [6.07, 6.45) is 18.8. The van der Waals surface area contributed by atoms with Crippen LogP contribution < -0.4 is 9.80 Å². The van der Waals surface area contributed by atoms with Crippen LogP contribution in [0.4, 0.5) is 11.4 Å². The molecule has 0 saturated heterocycles. The summed E-state index contributed by atoms with van der Waals surface area (Å²) in [4.78, 5) is 4.57. The van der Waals surface area contributed by atoms with Gasteiger partial charge in [-0.3, -0.25) is 0 Å². The summed E-state index contributed by atoms with van der Waals surface area (Å²) < 4.78 is 0. The van der Waals surface area contributed by atoms with Crippen LogP contribution in [0, 0.1) is 6.67 Å². The summed E-state index contributed by atoms with van der Waals surface area (Å²) in [6.45, 7) is 20.8. The first kappa shape index (κ1) is 45.8. The van der Waals surface area contributed by atoms with Gasteiger partial charge in [-0.05, 0) is 97.3 Å². The van der Waals surface area contributed by atoms with Crippen molar-refractivity contribution in [2.24, 2.45) is 0 Å². The molecular formula is C43H67Cl4N2Pd-. The molecule has 7 heteroatoms. The van der Waals surface area contributed by atoms with Crippen LogP contribution in [0.2, 0.25) is 0 Å². The maximum atomic E-state index is 7.48. The molecular weight excluding hydrogens is 793 g/mol. The monoisotopic (exact) mass is 857 g/mol. The van der Waals surface area contributed by atoms with E-state index in [1.165, 1.54) is 136 Å². The second kappa shape index (κ2) is 25.6. The number of nitrogens with zero attached hydrogens (tertiary/aromatic N) is 2. The first-order chi connectivity index (χ1) is 24.3. The standard InChI is InChI=1S/C43H67Cl2N2.2ClH.Pd/c1-9-19-32(20-10-2)36-27-17-28-37(33(21-11-3)22-12-4)40(36)46-31-47(43(45)42(46)44)41-38(34(23-13-5)24-14-6)29-18-30-39(41)35(25-15-7)26-16-8;;;/h17-18,27-35H,9-16,19-26H2,1-8H3;2*1H;/q-1;;;+2/p-2. The molecule has 0 radical (unpaired) electrons. The van der Waals surface area contributed by atoms with Crippen molar-refractivity contribution in [1.82, 2.24) is 0 Å². The van der Waals surface area contributed by atoms with Gasteiger partial charge in [0, 0.05) is 11.4 Å². The maximum absolute atomic E-state index is 7.48. The molecule has 1 aliphatic heterocycles. The fraction of sp³-hybridized carbons (Fsp3) is 0.651. The average Bonchev–Trinajstić information content (AvgIpc) is 3.40. The SMILES string of the molecule is CCCC(CCC)c1cccc(C(CCC)CCC)c1N1[CH-]N(c2c(C(CCC)CCC)cccc2C(CCC)CCC)C(Cl)=C1Cl.[Cl][Pd][Cl]. The van der Waals surface area contributed by atoms with Gasteiger partial charge in [0.25, 0.3) is 0 Å². The molecule has 288 valence electrons. The van der Waals surface area contributed by atoms with E-state index in [0.717, 1.165) is 0 Å². The molecule has 0 aliphatic carbocycles. The number of para-hydroxylation sites is 2. The third-order valence-electron chi connectivity index (χ3n) is 10.4. The van der Waals surface area contributed by atoms with Gasteiger partial charge in [0.2, 0.25) is 0 Å². The Bertz CT molecular complexity index is 1080. The zero-order valence-corrected chi connectivity index (χ0v) is 37.0. The van der Waals surface area contributed by atoms with Crippen molar-refractivity contribution in [3.8, 4) is 0 Å². The fourth-order valence-electron chi connectivity index (χ4n) is 8.37. The third-order valence-corrected chi connectivity index (χ3v) is 11.2. The summed E-state index contributed by atoms with van der Waals surface area (Å²) in [5.41, 5.74) is 8.30. The Balaban J connectivity index is 0.00000278. The molecule has 1 aliphatic rings. The zero-order valence-electron chi connectivity index (χ0n) is 32.4. The second-order valence-electron chi connectivity index (χ2n) is 14.1. The fourth-order valence-corrected chi connectivity index (χ4v) is 8.81. The number of halogens is 4. The van der Waals surface area contributed by atoms with Crippen molar-refractivity contribution >= 4 is 53.6 Å². The van der Waals surface area contributed by atoms with Crippen LogP contribution in [0.25, 0.3) is 0 Å². The number of hydrogen-bond acceptors (Lipinski definition) is 2. The van der Waals surface area contributed by atoms with E-state index in [2.05, 4.69) is 108 Å². The zero-order chi connectivity index (χ0) is 37.1. The number of hydrogen-bond donors (Lipinski definition) is 0. The Morgan fingerprint density at radius 2 is 0.660 bits per heavy atom. The van der Waals surface area contributed by atoms with E-state index >= 15 is 0 Å². The molecule has 0 spiro atoms. The van der Waals surface area contributed by atoms with Crippen molar-refractivity contribution in [2.75, 3.05) is 9.80 Å². The van der Waals surface area contributed by atoms with E-state index in [0.29, 0.717) is 34.0 Å². The molecule has 2 aromatic carbocycles. The normalized spacial score (nSPS) is 13.5. The van der Waals surface area contributed by atoms with Gasteiger partial charge in [0.05, 0.1) is 0 Å². The summed E-state index contributed by atoms with van der Waals surface area (Å²) in [7, 11) is 9.63. The van der Waals surface area contributed by atoms with Crippen LogP contribution in [0.15, 0.2) is 46.7 Å². The van der Waals surface area contributed by atoms with E-state index in [4.69, 9.17) is 42.3 Å². The van der Waals surface area contributed by atoms with E-state index in [-0.39, 0.29) is 15.9 Å². The van der Waals surface area contributed by atoms with Crippen LogP contribution in [-0.2, 0) is 15.9 Å². The van der Waals surface area contributed by atoms with E-state index in [1.54, 1.807) is 0 Å². The van der Waals surface area contributed by atoms with E-state index in [9.17, 15) is 0 Å². The quantitative estimate of drug-likeness (QED) is 0.0661. The Morgan fingerprint density at radius 3 is 0.840 bits per heavy atom. The first-order valence-electron chi connectivity index (χ1n) is 19.8. The van der Waals surface area contributed by atoms with Crippen LogP contribution in [0.5, 0.6) is 0 Å². The second-order valence-corrected chi connectivity index (χ2v) is 17.2. The van der Waals surface area contributed by atoms with Crippen LogP contribution in [0.1, 0.15) is 204 Å². The van der Waals surface area contributed by atoms with E-state index in [1.807, 2.05) is 0 Å². The predicted molar refractivity (Wildman–Crippen MR) is 223 cm³/mol. The van der Waals surface area contributed by atoms with Crippen molar-refractivity contribution in [3.63, 3.8) is 0 Å². The van der Waals surface area contributed by atoms with Crippen molar-refractivity contribution in [2.45, 2.75) is 182 Å². The Morgan fingerprint density at radius 1 is 0.460 bits per heavy atom. The summed E-state index contributed by atoms with van der Waals surface area (Å²) in [6, 6.07) is 14.2. The number of benzene rings is 2. The molecule has 3 rings (SSSR count). The van der Waals surface area contributed by atoms with Crippen molar-refractivity contribution < 1.29 is 15.9 Å². The van der Waals surface area contributed by atoms with Crippen molar-refractivity contribution in [3.05, 3.63) is 75.6 Å². The molecule has 0 saturated carbocycles. The van der Waals surface area contributed by atoms with Crippen LogP contribution in [0.3, 0.4) is 0 Å². The molecule has 1 heterocycles. The molecule has 0 amide bonds. The van der Waals surface area contributed by atoms with Gasteiger partial charge in [0.15, 0.2) is 0 Å². The van der Waals surface area contributed by atoms with Gasteiger partial charge in [-0.2, -0.15) is 0 Å². The van der Waals surface area contributed by atoms with Gasteiger partial charge in [0.1, 0.15) is 10.3 Å². The van der Waals surface area contributed by atoms with Gasteiger partial charge < -0.3 is 9.80 Å². The molecule has 0 N–H and O–H groups in total. The van der Waals surface area contributed by atoms with Gasteiger partial charge in [-0.1, -0.05) is 166 Å². The minimum atomic E-state index is -0.106. The molecule has 2 aromatic rings. The predicted octanol–water partition coefficient (Wildman–Crippen LogP) is 16.8. The average molecular weight is 860 g/mol. The van der Waals surface area contributed by atoms with Gasteiger partial charge in [-0.15, -0.1) is 6.67 Å². The molecule has 0 fully saturated rings. The molecule has 50 heavy (non-hydrogen) atoms. The molecule has 0 unspecified atom stereocenters. The van der Waals surface area contributed by atoms with Crippen molar-refractivity contribution in [1.29, 1.82) is 0 Å². The first-order valence-corrected chi connectivity index (χ1v) is 24.6. The van der Waals surface area contributed by atoms with Gasteiger partial charge >= 0.3 is 35.0 Å².